The number of benzene rings is 1. The van der Waals surface area contributed by atoms with E-state index in [0.717, 1.165) is 23.0 Å². The van der Waals surface area contributed by atoms with Crippen LogP contribution in [0.15, 0.2) is 30.3 Å². The molecule has 0 radical (unpaired) electrons. The molecule has 0 spiro atoms. The first kappa shape index (κ1) is 18.6. The van der Waals surface area contributed by atoms with E-state index in [-0.39, 0.29) is 30.7 Å². The quantitative estimate of drug-likeness (QED) is 0.852. The number of amides is 1. The van der Waals surface area contributed by atoms with Gasteiger partial charge in [0.05, 0.1) is 11.1 Å². The first-order valence-electron chi connectivity index (χ1n) is 6.07. The molecular formula is C14H19Cl2N3O. The third kappa shape index (κ3) is 4.34. The van der Waals surface area contributed by atoms with Gasteiger partial charge in [-0.3, -0.25) is 9.78 Å². The number of carbonyl (C=O) groups excluding carboxylic acids is 1. The molecule has 1 amide bonds. The van der Waals surface area contributed by atoms with E-state index in [4.69, 9.17) is 5.73 Å². The van der Waals surface area contributed by atoms with Gasteiger partial charge in [-0.1, -0.05) is 18.2 Å². The standard InChI is InChI=1S/C14H17N3O.2ClH/c1-10-6-7-11-4-2-5-12(13(11)17-10)14(18)16-9-3-8-15;;/h2,4-7H,3,8-9,15H2,1H3,(H,16,18);2*1H. The van der Waals surface area contributed by atoms with Crippen molar-refractivity contribution in [2.75, 3.05) is 13.1 Å². The molecule has 0 saturated carbocycles. The minimum atomic E-state index is -0.0906. The maximum absolute atomic E-state index is 12.1. The number of nitrogens with two attached hydrogens (primary N) is 1. The first-order valence-corrected chi connectivity index (χ1v) is 6.07. The van der Waals surface area contributed by atoms with Crippen molar-refractivity contribution in [1.29, 1.82) is 0 Å². The lowest BCUT2D eigenvalue weighted by atomic mass is 10.1. The third-order valence-corrected chi connectivity index (χ3v) is 2.77. The Hall–Kier alpha value is -1.36. The summed E-state index contributed by atoms with van der Waals surface area (Å²) in [4.78, 5) is 16.5. The summed E-state index contributed by atoms with van der Waals surface area (Å²) in [6, 6.07) is 9.55. The molecule has 2 aromatic rings. The van der Waals surface area contributed by atoms with Crippen LogP contribution in [0, 0.1) is 6.92 Å². The lowest BCUT2D eigenvalue weighted by Crippen LogP contribution is -2.26. The number of aryl methyl sites for hydroxylation is 1. The number of fused-ring (bicyclic) bond motifs is 1. The third-order valence-electron chi connectivity index (χ3n) is 2.77. The average molecular weight is 316 g/mol. The lowest BCUT2D eigenvalue weighted by Gasteiger charge is -2.07. The number of hydrogen-bond donors (Lipinski definition) is 2. The van der Waals surface area contributed by atoms with Gasteiger partial charge in [-0.05, 0) is 32.0 Å². The molecule has 0 bridgehead atoms. The molecule has 6 heteroatoms. The normalized spacial score (nSPS) is 9.50. The number of carbonyl (C=O) groups is 1. The van der Waals surface area contributed by atoms with E-state index >= 15 is 0 Å². The molecule has 2 rings (SSSR count). The molecule has 3 N–H and O–H groups in total. The second kappa shape index (κ2) is 8.74. The smallest absolute Gasteiger partial charge is 0.253 e. The van der Waals surface area contributed by atoms with Gasteiger partial charge in [0.1, 0.15) is 0 Å². The van der Waals surface area contributed by atoms with Crippen molar-refractivity contribution < 1.29 is 4.79 Å². The Labute approximate surface area is 131 Å². The molecule has 0 atom stereocenters. The SMILES string of the molecule is Cc1ccc2cccc(C(=O)NCCCN)c2n1.Cl.Cl. The van der Waals surface area contributed by atoms with Crippen molar-refractivity contribution in [3.05, 3.63) is 41.6 Å². The Balaban J connectivity index is 0.00000180. The van der Waals surface area contributed by atoms with Crippen LogP contribution in [0.3, 0.4) is 0 Å². The molecule has 0 aliphatic heterocycles. The molecule has 4 nitrogen and oxygen atoms in total. The van der Waals surface area contributed by atoms with E-state index in [0.29, 0.717) is 18.7 Å². The summed E-state index contributed by atoms with van der Waals surface area (Å²) in [7, 11) is 0. The second-order valence-corrected chi connectivity index (χ2v) is 4.23. The molecule has 1 heterocycles. The highest BCUT2D eigenvalue weighted by Gasteiger charge is 2.10. The Morgan fingerprint density at radius 1 is 1.25 bits per heavy atom. The van der Waals surface area contributed by atoms with Crippen molar-refractivity contribution in [1.82, 2.24) is 10.3 Å². The highest BCUT2D eigenvalue weighted by molar-refractivity contribution is 6.05. The number of hydrogen-bond acceptors (Lipinski definition) is 3. The molecule has 1 aromatic carbocycles. The fraction of sp³-hybridized carbons (Fsp3) is 0.286. The zero-order chi connectivity index (χ0) is 13.0. The summed E-state index contributed by atoms with van der Waals surface area (Å²) in [5.74, 6) is -0.0906. The van der Waals surface area contributed by atoms with Crippen molar-refractivity contribution in [3.8, 4) is 0 Å². The summed E-state index contributed by atoms with van der Waals surface area (Å²) in [6.45, 7) is 3.09. The Morgan fingerprint density at radius 3 is 2.70 bits per heavy atom. The van der Waals surface area contributed by atoms with Gasteiger partial charge in [-0.2, -0.15) is 0 Å². The Kier molecular flexibility index (Phi) is 8.15. The Morgan fingerprint density at radius 2 is 2.00 bits per heavy atom. The number of rotatable bonds is 4. The van der Waals surface area contributed by atoms with E-state index in [1.165, 1.54) is 0 Å². The largest absolute Gasteiger partial charge is 0.352 e. The molecular weight excluding hydrogens is 297 g/mol. The summed E-state index contributed by atoms with van der Waals surface area (Å²) >= 11 is 0. The topological polar surface area (TPSA) is 68.0 Å². The van der Waals surface area contributed by atoms with Crippen LogP contribution in [-0.4, -0.2) is 24.0 Å². The van der Waals surface area contributed by atoms with Gasteiger partial charge >= 0.3 is 0 Å². The van der Waals surface area contributed by atoms with Gasteiger partial charge in [0.2, 0.25) is 0 Å². The molecule has 0 aliphatic rings. The van der Waals surface area contributed by atoms with Crippen LogP contribution < -0.4 is 11.1 Å². The second-order valence-electron chi connectivity index (χ2n) is 4.23. The predicted molar refractivity (Wildman–Crippen MR) is 87.0 cm³/mol. The van der Waals surface area contributed by atoms with Crippen LogP contribution in [0.5, 0.6) is 0 Å². The van der Waals surface area contributed by atoms with Gasteiger partial charge in [0.25, 0.3) is 5.91 Å². The van der Waals surface area contributed by atoms with E-state index < -0.39 is 0 Å². The van der Waals surface area contributed by atoms with Crippen LogP contribution in [-0.2, 0) is 0 Å². The number of nitrogens with zero attached hydrogens (tertiary/aromatic N) is 1. The van der Waals surface area contributed by atoms with E-state index in [1.807, 2.05) is 31.2 Å². The maximum atomic E-state index is 12.1. The molecule has 20 heavy (non-hydrogen) atoms. The van der Waals surface area contributed by atoms with Gasteiger partial charge in [-0.25, -0.2) is 0 Å². The summed E-state index contributed by atoms with van der Waals surface area (Å²) in [6.07, 6.45) is 0.781. The van der Waals surface area contributed by atoms with Gasteiger partial charge < -0.3 is 11.1 Å². The molecule has 1 aromatic heterocycles. The summed E-state index contributed by atoms with van der Waals surface area (Å²) in [5, 5.41) is 3.83. The number of para-hydroxylation sites is 1. The van der Waals surface area contributed by atoms with Crippen LogP contribution in [0.1, 0.15) is 22.5 Å². The van der Waals surface area contributed by atoms with Crippen molar-refractivity contribution >= 4 is 41.6 Å². The fourth-order valence-corrected chi connectivity index (χ4v) is 1.83. The highest BCUT2D eigenvalue weighted by Crippen LogP contribution is 2.17. The zero-order valence-electron chi connectivity index (χ0n) is 11.3. The van der Waals surface area contributed by atoms with Crippen LogP contribution >= 0.6 is 24.8 Å². The van der Waals surface area contributed by atoms with Crippen molar-refractivity contribution in [2.24, 2.45) is 5.73 Å². The minimum Gasteiger partial charge on any atom is -0.352 e. The Bertz CT molecular complexity index is 575. The van der Waals surface area contributed by atoms with Gasteiger partial charge in [0.15, 0.2) is 0 Å². The molecule has 0 saturated heterocycles. The van der Waals surface area contributed by atoms with Gasteiger partial charge in [-0.15, -0.1) is 24.8 Å². The molecule has 0 unspecified atom stereocenters. The average Bonchev–Trinajstić information content (AvgIpc) is 2.38. The zero-order valence-corrected chi connectivity index (χ0v) is 12.9. The van der Waals surface area contributed by atoms with Crippen molar-refractivity contribution in [2.45, 2.75) is 13.3 Å². The molecule has 0 aliphatic carbocycles. The monoisotopic (exact) mass is 315 g/mol. The van der Waals surface area contributed by atoms with Crippen LogP contribution in [0.2, 0.25) is 0 Å². The molecule has 110 valence electrons. The fourth-order valence-electron chi connectivity index (χ4n) is 1.83. The predicted octanol–water partition coefficient (Wildman–Crippen LogP) is 2.47. The van der Waals surface area contributed by atoms with Crippen LogP contribution in [0.4, 0.5) is 0 Å². The maximum Gasteiger partial charge on any atom is 0.253 e. The number of halogens is 2. The van der Waals surface area contributed by atoms with Crippen LogP contribution in [0.25, 0.3) is 10.9 Å². The lowest BCUT2D eigenvalue weighted by molar-refractivity contribution is 0.0955. The van der Waals surface area contributed by atoms with E-state index in [1.54, 1.807) is 6.07 Å². The highest BCUT2D eigenvalue weighted by atomic mass is 35.5. The van der Waals surface area contributed by atoms with Gasteiger partial charge in [0, 0.05) is 17.6 Å². The van der Waals surface area contributed by atoms with E-state index in [2.05, 4.69) is 10.3 Å². The minimum absolute atomic E-state index is 0. The number of nitrogens with one attached hydrogen (secondary N) is 1. The number of pyridine rings is 1. The van der Waals surface area contributed by atoms with Crippen molar-refractivity contribution in [3.63, 3.8) is 0 Å². The summed E-state index contributed by atoms with van der Waals surface area (Å²) < 4.78 is 0. The first-order chi connectivity index (χ1) is 8.72. The molecule has 0 fully saturated rings. The summed E-state index contributed by atoms with van der Waals surface area (Å²) in [5.41, 5.74) is 7.68. The number of aromatic nitrogens is 1. The van der Waals surface area contributed by atoms with E-state index in [9.17, 15) is 4.79 Å².